The van der Waals surface area contributed by atoms with Gasteiger partial charge >= 0.3 is 0 Å². The molecule has 2 N–H and O–H groups in total. The van der Waals surface area contributed by atoms with E-state index in [0.717, 1.165) is 51.3 Å². The standard InChI is InChI=1S/C22H26N2O2/c25-22(19-9-8-17-6-3-7-18(17)14-19)23-15-20-4-1-2-5-21(20)16-24-10-12-26-13-11-24/h1-2,4-5,8-9,14H,3,6-7,10-13,15-16H2,(H,23,25)/p+1. The molecule has 1 aliphatic carbocycles. The number of amides is 1. The second kappa shape index (κ2) is 8.02. The van der Waals surface area contributed by atoms with Gasteiger partial charge in [0.1, 0.15) is 19.6 Å². The lowest BCUT2D eigenvalue weighted by molar-refractivity contribution is -0.921. The molecule has 0 spiro atoms. The SMILES string of the molecule is O=C(NCc1ccccc1C[NH+]1CCOCC1)c1ccc2c(c1)CCC2. The highest BCUT2D eigenvalue weighted by Crippen LogP contribution is 2.22. The topological polar surface area (TPSA) is 42.8 Å². The zero-order valence-electron chi connectivity index (χ0n) is 15.2. The average molecular weight is 351 g/mol. The molecule has 2 aromatic rings. The Morgan fingerprint density at radius 3 is 2.62 bits per heavy atom. The molecule has 2 aromatic carbocycles. The number of morpholine rings is 1. The first-order chi connectivity index (χ1) is 12.8. The van der Waals surface area contributed by atoms with Crippen LogP contribution in [-0.4, -0.2) is 32.2 Å². The third-order valence-electron chi connectivity index (χ3n) is 5.56. The van der Waals surface area contributed by atoms with Crippen LogP contribution in [0.15, 0.2) is 42.5 Å². The van der Waals surface area contributed by atoms with E-state index in [-0.39, 0.29) is 5.91 Å². The smallest absolute Gasteiger partial charge is 0.251 e. The molecule has 4 rings (SSSR count). The van der Waals surface area contributed by atoms with Gasteiger partial charge in [-0.3, -0.25) is 4.79 Å². The molecule has 1 saturated heterocycles. The Balaban J connectivity index is 1.40. The first-order valence-corrected chi connectivity index (χ1v) is 9.68. The second-order valence-electron chi connectivity index (χ2n) is 7.33. The van der Waals surface area contributed by atoms with E-state index in [1.807, 2.05) is 6.07 Å². The van der Waals surface area contributed by atoms with Crippen molar-refractivity contribution in [3.05, 3.63) is 70.3 Å². The number of hydrogen-bond donors (Lipinski definition) is 2. The van der Waals surface area contributed by atoms with Gasteiger partial charge in [0.2, 0.25) is 0 Å². The quantitative estimate of drug-likeness (QED) is 0.858. The molecule has 1 amide bonds. The minimum absolute atomic E-state index is 0.0215. The summed E-state index contributed by atoms with van der Waals surface area (Å²) in [5.41, 5.74) is 6.05. The van der Waals surface area contributed by atoms with Crippen LogP contribution in [0, 0.1) is 0 Å². The van der Waals surface area contributed by atoms with E-state index in [0.29, 0.717) is 6.54 Å². The van der Waals surface area contributed by atoms with E-state index in [1.165, 1.54) is 28.7 Å². The third kappa shape index (κ3) is 3.97. The van der Waals surface area contributed by atoms with E-state index in [1.54, 1.807) is 4.90 Å². The van der Waals surface area contributed by atoms with Crippen LogP contribution in [0.5, 0.6) is 0 Å². The maximum atomic E-state index is 12.6. The monoisotopic (exact) mass is 351 g/mol. The van der Waals surface area contributed by atoms with Crippen molar-refractivity contribution in [2.45, 2.75) is 32.4 Å². The lowest BCUT2D eigenvalue weighted by Crippen LogP contribution is -3.12. The largest absolute Gasteiger partial charge is 0.370 e. The first kappa shape index (κ1) is 17.3. The highest BCUT2D eigenvalue weighted by atomic mass is 16.5. The molecule has 26 heavy (non-hydrogen) atoms. The van der Waals surface area contributed by atoms with Crippen LogP contribution < -0.4 is 10.2 Å². The number of carbonyl (C=O) groups is 1. The van der Waals surface area contributed by atoms with Gasteiger partial charge < -0.3 is 15.0 Å². The molecule has 0 saturated carbocycles. The van der Waals surface area contributed by atoms with Crippen molar-refractivity contribution in [1.82, 2.24) is 5.32 Å². The highest BCUT2D eigenvalue weighted by Gasteiger charge is 2.17. The molecular formula is C22H27N2O2+. The fraction of sp³-hybridized carbons (Fsp3) is 0.409. The summed E-state index contributed by atoms with van der Waals surface area (Å²) >= 11 is 0. The molecule has 136 valence electrons. The summed E-state index contributed by atoms with van der Waals surface area (Å²) in [5, 5.41) is 3.11. The second-order valence-corrected chi connectivity index (χ2v) is 7.33. The van der Waals surface area contributed by atoms with E-state index < -0.39 is 0 Å². The third-order valence-corrected chi connectivity index (χ3v) is 5.56. The van der Waals surface area contributed by atoms with E-state index in [2.05, 4.69) is 41.7 Å². The van der Waals surface area contributed by atoms with Gasteiger partial charge in [-0.1, -0.05) is 30.3 Å². The van der Waals surface area contributed by atoms with Crippen LogP contribution in [0.25, 0.3) is 0 Å². The maximum absolute atomic E-state index is 12.6. The molecule has 0 radical (unpaired) electrons. The van der Waals surface area contributed by atoms with Crippen molar-refractivity contribution in [3.63, 3.8) is 0 Å². The van der Waals surface area contributed by atoms with Crippen molar-refractivity contribution in [3.8, 4) is 0 Å². The van der Waals surface area contributed by atoms with Gasteiger partial charge in [-0.05, 0) is 48.1 Å². The number of aryl methyl sites for hydroxylation is 2. The van der Waals surface area contributed by atoms with Crippen molar-refractivity contribution in [1.29, 1.82) is 0 Å². The Hall–Kier alpha value is -2.17. The van der Waals surface area contributed by atoms with Crippen LogP contribution in [0.4, 0.5) is 0 Å². The molecule has 2 aliphatic rings. The number of carbonyl (C=O) groups excluding carboxylic acids is 1. The van der Waals surface area contributed by atoms with Crippen LogP contribution >= 0.6 is 0 Å². The Morgan fingerprint density at radius 2 is 1.77 bits per heavy atom. The Bertz CT molecular complexity index is 781. The van der Waals surface area contributed by atoms with E-state index >= 15 is 0 Å². The van der Waals surface area contributed by atoms with Crippen LogP contribution in [-0.2, 0) is 30.7 Å². The van der Waals surface area contributed by atoms with Gasteiger partial charge in [0.25, 0.3) is 5.91 Å². The number of ether oxygens (including phenoxy) is 1. The zero-order valence-corrected chi connectivity index (χ0v) is 15.2. The lowest BCUT2D eigenvalue weighted by atomic mass is 10.0. The molecule has 0 atom stereocenters. The van der Waals surface area contributed by atoms with Gasteiger partial charge in [0, 0.05) is 17.7 Å². The van der Waals surface area contributed by atoms with Gasteiger partial charge in [-0.25, -0.2) is 0 Å². The molecule has 1 heterocycles. The number of benzene rings is 2. The summed E-state index contributed by atoms with van der Waals surface area (Å²) in [5.74, 6) is 0.0215. The lowest BCUT2D eigenvalue weighted by Gasteiger charge is -2.24. The number of rotatable bonds is 5. The average Bonchev–Trinajstić information content (AvgIpc) is 3.16. The molecule has 4 nitrogen and oxygen atoms in total. The van der Waals surface area contributed by atoms with Crippen molar-refractivity contribution in [2.75, 3.05) is 26.3 Å². The zero-order chi connectivity index (χ0) is 17.8. The van der Waals surface area contributed by atoms with Gasteiger partial charge in [-0.2, -0.15) is 0 Å². The van der Waals surface area contributed by atoms with Gasteiger partial charge in [-0.15, -0.1) is 0 Å². The number of nitrogens with one attached hydrogen (secondary N) is 2. The predicted octanol–water partition coefficient (Wildman–Crippen LogP) is 1.52. The molecular weight excluding hydrogens is 324 g/mol. The molecule has 0 aromatic heterocycles. The molecule has 4 heteroatoms. The van der Waals surface area contributed by atoms with Crippen molar-refractivity contribution >= 4 is 5.91 Å². The van der Waals surface area contributed by atoms with E-state index in [9.17, 15) is 4.79 Å². The predicted molar refractivity (Wildman–Crippen MR) is 101 cm³/mol. The van der Waals surface area contributed by atoms with E-state index in [4.69, 9.17) is 4.74 Å². The van der Waals surface area contributed by atoms with Gasteiger partial charge in [0.15, 0.2) is 0 Å². The fourth-order valence-corrected chi connectivity index (χ4v) is 4.00. The summed E-state index contributed by atoms with van der Waals surface area (Å²) in [4.78, 5) is 14.1. The summed E-state index contributed by atoms with van der Waals surface area (Å²) in [6.07, 6.45) is 3.45. The van der Waals surface area contributed by atoms with Crippen LogP contribution in [0.2, 0.25) is 0 Å². The first-order valence-electron chi connectivity index (χ1n) is 9.68. The minimum atomic E-state index is 0.0215. The highest BCUT2D eigenvalue weighted by molar-refractivity contribution is 5.94. The fourth-order valence-electron chi connectivity index (χ4n) is 4.00. The normalized spacial score (nSPS) is 17.1. The van der Waals surface area contributed by atoms with Crippen molar-refractivity contribution < 1.29 is 14.4 Å². The van der Waals surface area contributed by atoms with Gasteiger partial charge in [0.05, 0.1) is 13.2 Å². The van der Waals surface area contributed by atoms with Crippen molar-refractivity contribution in [2.24, 2.45) is 0 Å². The number of quaternary nitrogens is 1. The molecule has 0 bridgehead atoms. The maximum Gasteiger partial charge on any atom is 0.251 e. The molecule has 0 unspecified atom stereocenters. The summed E-state index contributed by atoms with van der Waals surface area (Å²) in [6.45, 7) is 5.36. The Labute approximate surface area is 155 Å². The molecule has 1 fully saturated rings. The van der Waals surface area contributed by atoms with Crippen LogP contribution in [0.1, 0.15) is 39.0 Å². The minimum Gasteiger partial charge on any atom is -0.370 e. The summed E-state index contributed by atoms with van der Waals surface area (Å²) < 4.78 is 5.45. The molecule has 1 aliphatic heterocycles. The van der Waals surface area contributed by atoms with Crippen LogP contribution in [0.3, 0.4) is 0 Å². The Morgan fingerprint density at radius 1 is 1.00 bits per heavy atom. The summed E-state index contributed by atoms with van der Waals surface area (Å²) in [7, 11) is 0. The Kier molecular flexibility index (Phi) is 5.32. The number of hydrogen-bond acceptors (Lipinski definition) is 2. The summed E-state index contributed by atoms with van der Waals surface area (Å²) in [6, 6.07) is 14.6. The number of fused-ring (bicyclic) bond motifs is 1.